The third-order valence-electron chi connectivity index (χ3n) is 0.498. The van der Waals surface area contributed by atoms with E-state index in [1.54, 1.807) is 5.43 Å². The fraction of sp³-hybridized carbons (Fsp3) is 0.500. The average molecular weight is 214 g/mol. The fourth-order valence-electron chi connectivity index (χ4n) is 0.222. The van der Waals surface area contributed by atoms with Crippen LogP contribution in [0.25, 0.3) is 0 Å². The molecule has 0 spiro atoms. The van der Waals surface area contributed by atoms with E-state index < -0.39 is 18.6 Å². The van der Waals surface area contributed by atoms with Gasteiger partial charge in [-0.1, -0.05) is 0 Å². The SMILES string of the molecule is NNC(=O)CP([O-])([O-])=S.[Na+].[Na+]. The summed E-state index contributed by atoms with van der Waals surface area (Å²) in [6.07, 6.45) is -0.709. The summed E-state index contributed by atoms with van der Waals surface area (Å²) < 4.78 is 0. The number of hydrogen-bond acceptors (Lipinski definition) is 5. The minimum Gasteiger partial charge on any atom is -0.832 e. The molecule has 0 aromatic carbocycles. The molecule has 1 amide bonds. The zero-order valence-electron chi connectivity index (χ0n) is 6.36. The normalized spacial score (nSPS) is 9.00. The van der Waals surface area contributed by atoms with Crippen LogP contribution in [0.5, 0.6) is 0 Å². The van der Waals surface area contributed by atoms with Crippen LogP contribution in [-0.4, -0.2) is 12.1 Å². The Morgan fingerprint density at radius 1 is 1.55 bits per heavy atom. The Labute approximate surface area is 114 Å². The minimum absolute atomic E-state index is 0. The molecule has 0 radical (unpaired) electrons. The van der Waals surface area contributed by atoms with Crippen LogP contribution in [0.1, 0.15) is 0 Å². The molecule has 0 aromatic heterocycles. The molecule has 0 rings (SSSR count). The number of hydrazine groups is 1. The van der Waals surface area contributed by atoms with Gasteiger partial charge in [-0.15, -0.1) is 11.8 Å². The van der Waals surface area contributed by atoms with Gasteiger partial charge in [0.1, 0.15) is 0 Å². The average Bonchev–Trinajstić information content (AvgIpc) is 1.62. The van der Waals surface area contributed by atoms with Gasteiger partial charge in [-0.2, -0.15) is 0 Å². The first-order valence-corrected chi connectivity index (χ1v) is 4.78. The Bertz CT molecular complexity index is 161. The second-order valence-electron chi connectivity index (χ2n) is 1.34. The molecule has 0 aliphatic heterocycles. The molecule has 5 nitrogen and oxygen atoms in total. The van der Waals surface area contributed by atoms with Crippen LogP contribution >= 0.6 is 6.49 Å². The second kappa shape index (κ2) is 8.59. The van der Waals surface area contributed by atoms with E-state index in [2.05, 4.69) is 17.6 Å². The van der Waals surface area contributed by atoms with Gasteiger partial charge in [-0.05, 0) is 0 Å². The maximum Gasteiger partial charge on any atom is 1.00 e. The third-order valence-corrected chi connectivity index (χ3v) is 1.56. The Kier molecular flexibility index (Phi) is 14.6. The first-order chi connectivity index (χ1) is 3.95. The number of nitrogens with two attached hydrogens (primary N) is 1. The second-order valence-corrected chi connectivity index (χ2v) is 4.54. The molecule has 0 saturated carbocycles. The molecule has 0 saturated heterocycles. The molecule has 0 aliphatic carbocycles. The first kappa shape index (κ1) is 18.7. The van der Waals surface area contributed by atoms with Crippen LogP contribution < -0.4 is 80.2 Å². The summed E-state index contributed by atoms with van der Waals surface area (Å²) in [5, 5.41) is 0. The first-order valence-electron chi connectivity index (χ1n) is 1.96. The summed E-state index contributed by atoms with van der Waals surface area (Å²) in [5.41, 5.74) is 1.64. The molecule has 0 atom stereocenters. The van der Waals surface area contributed by atoms with Gasteiger partial charge < -0.3 is 9.79 Å². The summed E-state index contributed by atoms with van der Waals surface area (Å²) in [4.78, 5) is 30.4. The summed E-state index contributed by atoms with van der Waals surface area (Å²) in [7, 11) is 0. The third kappa shape index (κ3) is 14.8. The molecule has 0 aromatic rings. The predicted molar refractivity (Wildman–Crippen MR) is 31.5 cm³/mol. The quantitative estimate of drug-likeness (QED) is 0.156. The standard InChI is InChI=1S/C2H7N2O3PS.2Na/c3-4-2(5)1-8(6,7)9;;/h1,3H2,(H,4,5)(H2,6,7,9);;/q;2*+1/p-2. The molecule has 0 fully saturated rings. The summed E-state index contributed by atoms with van der Waals surface area (Å²) in [5.74, 6) is 3.78. The van der Waals surface area contributed by atoms with Crippen molar-refractivity contribution in [3.63, 3.8) is 0 Å². The summed E-state index contributed by atoms with van der Waals surface area (Å²) in [6, 6.07) is 0. The van der Waals surface area contributed by atoms with Crippen molar-refractivity contribution in [1.82, 2.24) is 5.43 Å². The van der Waals surface area contributed by atoms with Gasteiger partial charge in [0.2, 0.25) is 5.91 Å². The van der Waals surface area contributed by atoms with Crippen LogP contribution in [0.2, 0.25) is 0 Å². The fourth-order valence-corrected chi connectivity index (χ4v) is 1.02. The summed E-state index contributed by atoms with van der Waals surface area (Å²) >= 11 is 3.91. The molecule has 9 heteroatoms. The maximum absolute atomic E-state index is 10.2. The number of carbonyl (C=O) groups excluding carboxylic acids is 1. The Hall–Kier alpha value is 2.00. The van der Waals surface area contributed by atoms with E-state index in [1.165, 1.54) is 0 Å². The molecular formula is C2H5N2Na2O3PS. The predicted octanol–water partition coefficient (Wildman–Crippen LogP) is -8.99. The molecule has 0 aliphatic rings. The Morgan fingerprint density at radius 2 is 1.91 bits per heavy atom. The van der Waals surface area contributed by atoms with Crippen LogP contribution in [0.4, 0.5) is 0 Å². The van der Waals surface area contributed by atoms with Crippen molar-refractivity contribution in [2.75, 3.05) is 6.16 Å². The van der Waals surface area contributed by atoms with E-state index in [4.69, 9.17) is 0 Å². The molecule has 11 heavy (non-hydrogen) atoms. The van der Waals surface area contributed by atoms with Gasteiger partial charge in [0.15, 0.2) is 0 Å². The van der Waals surface area contributed by atoms with Crippen molar-refractivity contribution in [2.45, 2.75) is 0 Å². The minimum atomic E-state index is -3.90. The van der Waals surface area contributed by atoms with Crippen molar-refractivity contribution < 1.29 is 73.7 Å². The van der Waals surface area contributed by atoms with E-state index in [9.17, 15) is 14.6 Å². The summed E-state index contributed by atoms with van der Waals surface area (Å²) in [6.45, 7) is -3.90. The molecule has 0 bridgehead atoms. The molecule has 0 heterocycles. The van der Waals surface area contributed by atoms with Crippen molar-refractivity contribution in [1.29, 1.82) is 0 Å². The van der Waals surface area contributed by atoms with Crippen LogP contribution in [0.3, 0.4) is 0 Å². The number of rotatable bonds is 2. The molecule has 0 unspecified atom stereocenters. The van der Waals surface area contributed by atoms with Gasteiger partial charge in [0.25, 0.3) is 0 Å². The van der Waals surface area contributed by atoms with E-state index in [0.29, 0.717) is 0 Å². The number of hydrogen-bond donors (Lipinski definition) is 2. The van der Waals surface area contributed by atoms with Gasteiger partial charge in [-0.3, -0.25) is 10.2 Å². The molecular weight excluding hydrogens is 209 g/mol. The van der Waals surface area contributed by atoms with Crippen molar-refractivity contribution in [3.8, 4) is 0 Å². The molecule has 3 N–H and O–H groups in total. The van der Waals surface area contributed by atoms with Crippen molar-refractivity contribution in [3.05, 3.63) is 0 Å². The van der Waals surface area contributed by atoms with E-state index in [0.717, 1.165) is 0 Å². The Balaban J connectivity index is -0.000000320. The van der Waals surface area contributed by atoms with Gasteiger partial charge in [0, 0.05) is 6.16 Å². The topological polar surface area (TPSA) is 101 Å². The van der Waals surface area contributed by atoms with E-state index in [1.807, 2.05) is 0 Å². The number of amides is 1. The van der Waals surface area contributed by atoms with E-state index >= 15 is 0 Å². The Morgan fingerprint density at radius 3 is 2.00 bits per heavy atom. The number of nitrogens with one attached hydrogen (secondary N) is 1. The van der Waals surface area contributed by atoms with Crippen LogP contribution in [-0.2, 0) is 16.6 Å². The zero-order chi connectivity index (χ0) is 7.49. The monoisotopic (exact) mass is 214 g/mol. The van der Waals surface area contributed by atoms with Gasteiger partial charge >= 0.3 is 59.1 Å². The number of carbonyl (C=O) groups is 1. The largest absolute Gasteiger partial charge is 1.00 e. The van der Waals surface area contributed by atoms with Crippen LogP contribution in [0.15, 0.2) is 0 Å². The van der Waals surface area contributed by atoms with E-state index in [-0.39, 0.29) is 59.1 Å². The van der Waals surface area contributed by atoms with Gasteiger partial charge in [-0.25, -0.2) is 12.3 Å². The van der Waals surface area contributed by atoms with Crippen molar-refractivity contribution in [2.24, 2.45) is 5.84 Å². The maximum atomic E-state index is 10.2. The van der Waals surface area contributed by atoms with Crippen molar-refractivity contribution >= 4 is 24.2 Å². The zero-order valence-corrected chi connectivity index (χ0v) is 12.1. The molecule has 54 valence electrons. The van der Waals surface area contributed by atoms with Gasteiger partial charge in [0.05, 0.1) is 0 Å². The van der Waals surface area contributed by atoms with Crippen LogP contribution in [0, 0.1) is 0 Å². The smallest absolute Gasteiger partial charge is 0.832 e.